The van der Waals surface area contributed by atoms with Gasteiger partial charge in [-0.2, -0.15) is 0 Å². The molecule has 4 rings (SSSR count). The van der Waals surface area contributed by atoms with Crippen molar-refractivity contribution >= 4 is 38.2 Å². The first-order valence-electron chi connectivity index (χ1n) is 9.48. The summed E-state index contributed by atoms with van der Waals surface area (Å²) in [6.07, 6.45) is 0. The van der Waals surface area contributed by atoms with Crippen LogP contribution in [0.15, 0.2) is 77.0 Å². The summed E-state index contributed by atoms with van der Waals surface area (Å²) < 4.78 is 31.4. The molecule has 31 heavy (non-hydrogen) atoms. The largest absolute Gasteiger partial charge is 0.457 e. The number of sulfonamides is 1. The number of fused-ring (bicyclic) bond motifs is 1. The minimum absolute atomic E-state index is 0.0411. The predicted molar refractivity (Wildman–Crippen MR) is 121 cm³/mol. The van der Waals surface area contributed by atoms with Gasteiger partial charge < -0.3 is 4.74 Å². The Labute approximate surface area is 184 Å². The third-order valence-corrected chi connectivity index (χ3v) is 7.46. The lowest BCUT2D eigenvalue weighted by Crippen LogP contribution is -2.22. The number of hydrogen-bond donors (Lipinski definition) is 0. The van der Waals surface area contributed by atoms with Crippen molar-refractivity contribution < 1.29 is 17.9 Å². The lowest BCUT2D eigenvalue weighted by molar-refractivity contribution is 0.0475. The fourth-order valence-corrected chi connectivity index (χ4v) is 4.79. The number of ether oxygens (including phenoxy) is 1. The minimum atomic E-state index is -3.56. The highest BCUT2D eigenvalue weighted by Crippen LogP contribution is 2.28. The molecular weight excluding hydrogens is 432 g/mol. The van der Waals surface area contributed by atoms with Gasteiger partial charge in [-0.25, -0.2) is 22.5 Å². The van der Waals surface area contributed by atoms with E-state index in [9.17, 15) is 13.2 Å². The third-order valence-electron chi connectivity index (χ3n) is 4.76. The molecule has 158 valence electrons. The van der Waals surface area contributed by atoms with Crippen molar-refractivity contribution in [2.24, 2.45) is 0 Å². The van der Waals surface area contributed by atoms with Crippen LogP contribution in [-0.4, -0.2) is 37.8 Å². The molecule has 4 aromatic rings. The van der Waals surface area contributed by atoms with Crippen LogP contribution in [0.1, 0.15) is 15.9 Å². The highest BCUT2D eigenvalue weighted by atomic mass is 32.2. The Hall–Kier alpha value is -3.07. The van der Waals surface area contributed by atoms with Crippen molar-refractivity contribution in [2.75, 3.05) is 14.1 Å². The molecule has 0 spiro atoms. The fourth-order valence-electron chi connectivity index (χ4n) is 3.13. The van der Waals surface area contributed by atoms with Gasteiger partial charge in [0.1, 0.15) is 6.61 Å². The van der Waals surface area contributed by atoms with Crippen LogP contribution in [0.4, 0.5) is 0 Å². The highest BCUT2D eigenvalue weighted by Gasteiger charge is 2.19. The Morgan fingerprint density at radius 2 is 1.84 bits per heavy atom. The second-order valence-corrected chi connectivity index (χ2v) is 10.2. The molecule has 0 unspecified atom stereocenters. The number of carbonyl (C=O) groups is 1. The molecule has 6 nitrogen and oxygen atoms in total. The average Bonchev–Trinajstić information content (AvgIpc) is 3.32. The summed E-state index contributed by atoms with van der Waals surface area (Å²) in [6, 6.07) is 19.4. The number of carbonyl (C=O) groups excluding carboxylic acids is 1. The Kier molecular flexibility index (Phi) is 5.86. The monoisotopic (exact) mass is 452 g/mol. The standard InChI is InChI=1S/C23H20N2O4S2/c1-25(2)31(27,28)17-8-5-7-16(13-17)15-29-23(26)19-14-21(22-11-6-12-30-22)24-20-10-4-3-9-18(19)20/h3-14H,15H2,1-2H3. The summed E-state index contributed by atoms with van der Waals surface area (Å²) in [6.45, 7) is -0.0411. The van der Waals surface area contributed by atoms with Gasteiger partial charge in [0.2, 0.25) is 10.0 Å². The summed E-state index contributed by atoms with van der Waals surface area (Å²) in [4.78, 5) is 18.7. The van der Waals surface area contributed by atoms with Gasteiger partial charge in [0.25, 0.3) is 0 Å². The van der Waals surface area contributed by atoms with Crippen LogP contribution in [0.2, 0.25) is 0 Å². The van der Waals surface area contributed by atoms with Gasteiger partial charge in [-0.05, 0) is 41.3 Å². The Morgan fingerprint density at radius 3 is 2.58 bits per heavy atom. The van der Waals surface area contributed by atoms with E-state index in [1.165, 1.54) is 26.2 Å². The predicted octanol–water partition coefficient (Wildman–Crippen LogP) is 4.57. The second-order valence-electron chi connectivity index (χ2n) is 7.06. The van der Waals surface area contributed by atoms with E-state index in [-0.39, 0.29) is 11.5 Å². The Bertz CT molecular complexity index is 1350. The van der Waals surface area contributed by atoms with E-state index in [0.717, 1.165) is 9.18 Å². The van der Waals surface area contributed by atoms with Crippen molar-refractivity contribution in [3.05, 3.63) is 83.2 Å². The van der Waals surface area contributed by atoms with Crippen LogP contribution < -0.4 is 0 Å². The molecule has 0 radical (unpaired) electrons. The second kappa shape index (κ2) is 8.58. The molecule has 0 saturated carbocycles. The maximum atomic E-state index is 13.0. The van der Waals surface area contributed by atoms with Crippen LogP contribution >= 0.6 is 11.3 Å². The summed E-state index contributed by atoms with van der Waals surface area (Å²) in [7, 11) is -0.616. The first-order valence-corrected chi connectivity index (χ1v) is 11.8. The van der Waals surface area contributed by atoms with E-state index in [2.05, 4.69) is 4.98 Å². The number of aromatic nitrogens is 1. The number of pyridine rings is 1. The highest BCUT2D eigenvalue weighted by molar-refractivity contribution is 7.89. The van der Waals surface area contributed by atoms with Gasteiger partial charge in [0.15, 0.2) is 0 Å². The van der Waals surface area contributed by atoms with Crippen molar-refractivity contribution in [3.63, 3.8) is 0 Å². The van der Waals surface area contributed by atoms with Crippen LogP contribution in [0.25, 0.3) is 21.5 Å². The van der Waals surface area contributed by atoms with Crippen molar-refractivity contribution in [2.45, 2.75) is 11.5 Å². The first kappa shape index (κ1) is 21.2. The third kappa shape index (κ3) is 4.36. The van der Waals surface area contributed by atoms with E-state index in [0.29, 0.717) is 27.7 Å². The van der Waals surface area contributed by atoms with E-state index in [1.807, 2.05) is 41.8 Å². The summed E-state index contributed by atoms with van der Waals surface area (Å²) >= 11 is 1.55. The molecule has 0 bridgehead atoms. The number of nitrogens with zero attached hydrogens (tertiary/aromatic N) is 2. The lowest BCUT2D eigenvalue weighted by atomic mass is 10.1. The molecule has 2 aromatic carbocycles. The Balaban J connectivity index is 1.63. The van der Waals surface area contributed by atoms with Gasteiger partial charge >= 0.3 is 5.97 Å². The molecular formula is C23H20N2O4S2. The number of hydrogen-bond acceptors (Lipinski definition) is 6. The van der Waals surface area contributed by atoms with E-state index in [1.54, 1.807) is 29.5 Å². The average molecular weight is 453 g/mol. The fraction of sp³-hybridized carbons (Fsp3) is 0.130. The van der Waals surface area contributed by atoms with E-state index in [4.69, 9.17) is 4.74 Å². The molecule has 0 aliphatic rings. The Morgan fingerprint density at radius 1 is 1.03 bits per heavy atom. The molecule has 0 N–H and O–H groups in total. The zero-order valence-electron chi connectivity index (χ0n) is 17.0. The topological polar surface area (TPSA) is 76.6 Å². The van der Waals surface area contributed by atoms with Crippen LogP contribution in [0.5, 0.6) is 0 Å². The first-order chi connectivity index (χ1) is 14.9. The molecule has 0 saturated heterocycles. The molecule has 0 atom stereocenters. The van der Waals surface area contributed by atoms with Gasteiger partial charge in [0.05, 0.1) is 26.5 Å². The van der Waals surface area contributed by atoms with Crippen molar-refractivity contribution in [3.8, 4) is 10.6 Å². The zero-order valence-corrected chi connectivity index (χ0v) is 18.6. The molecule has 0 fully saturated rings. The quantitative estimate of drug-likeness (QED) is 0.401. The van der Waals surface area contributed by atoms with E-state index < -0.39 is 16.0 Å². The van der Waals surface area contributed by atoms with Crippen LogP contribution in [0, 0.1) is 0 Å². The molecule has 0 amide bonds. The van der Waals surface area contributed by atoms with E-state index >= 15 is 0 Å². The molecule has 0 aliphatic heterocycles. The summed E-state index contributed by atoms with van der Waals surface area (Å²) in [5, 5.41) is 2.66. The van der Waals surface area contributed by atoms with Gasteiger partial charge in [-0.3, -0.25) is 0 Å². The zero-order chi connectivity index (χ0) is 22.0. The number of benzene rings is 2. The van der Waals surface area contributed by atoms with Gasteiger partial charge in [-0.15, -0.1) is 11.3 Å². The molecule has 8 heteroatoms. The number of thiophene rings is 1. The minimum Gasteiger partial charge on any atom is -0.457 e. The number of rotatable bonds is 6. The normalized spacial score (nSPS) is 11.7. The maximum absolute atomic E-state index is 13.0. The van der Waals surface area contributed by atoms with Crippen molar-refractivity contribution in [1.29, 1.82) is 0 Å². The molecule has 2 aromatic heterocycles. The lowest BCUT2D eigenvalue weighted by Gasteiger charge is -2.13. The molecule has 2 heterocycles. The summed E-state index contributed by atoms with van der Waals surface area (Å²) in [5.74, 6) is -0.489. The SMILES string of the molecule is CN(C)S(=O)(=O)c1cccc(COC(=O)c2cc(-c3cccs3)nc3ccccc23)c1. The van der Waals surface area contributed by atoms with Crippen LogP contribution in [-0.2, 0) is 21.4 Å². The van der Waals surface area contributed by atoms with Crippen LogP contribution in [0.3, 0.4) is 0 Å². The van der Waals surface area contributed by atoms with Gasteiger partial charge in [-0.1, -0.05) is 36.4 Å². The van der Waals surface area contributed by atoms with Crippen molar-refractivity contribution in [1.82, 2.24) is 9.29 Å². The molecule has 0 aliphatic carbocycles. The summed E-state index contributed by atoms with van der Waals surface area (Å²) in [5.41, 5.74) is 2.43. The number of esters is 1. The smallest absolute Gasteiger partial charge is 0.339 e. The maximum Gasteiger partial charge on any atom is 0.339 e. The number of para-hydroxylation sites is 1. The van der Waals surface area contributed by atoms with Gasteiger partial charge in [0, 0.05) is 19.5 Å².